The van der Waals surface area contributed by atoms with Crippen molar-refractivity contribution in [2.75, 3.05) is 26.4 Å². The molecule has 0 saturated carbocycles. The molecule has 0 unspecified atom stereocenters. The quantitative estimate of drug-likeness (QED) is 0.321. The van der Waals surface area contributed by atoms with Crippen molar-refractivity contribution in [2.24, 2.45) is 0 Å². The summed E-state index contributed by atoms with van der Waals surface area (Å²) in [7, 11) is 0. The highest BCUT2D eigenvalue weighted by molar-refractivity contribution is 5.86. The number of benzene rings is 1. The molecule has 7 heteroatoms. The lowest BCUT2D eigenvalue weighted by atomic mass is 10.1. The maximum absolute atomic E-state index is 6.15. The number of unbranched alkanes of at least 4 members (excludes halogenated alkanes) is 1. The van der Waals surface area contributed by atoms with Crippen molar-refractivity contribution in [2.45, 2.75) is 58.8 Å². The standard InChI is InChI=1S/C27H34N2O5/c1-4-5-14-31-26-20(2)24(29-23-10-7-6-9-22(23)26)19-32-25-18-21(11-13-28-25)30-15-8-12-27(3)33-16-17-34-27/h6-7,9-11,13,18H,4-5,8,12,14-17,19H2,1-3H3. The lowest BCUT2D eigenvalue weighted by molar-refractivity contribution is -0.148. The van der Waals surface area contributed by atoms with E-state index in [4.69, 9.17) is 28.7 Å². The van der Waals surface area contributed by atoms with Crippen LogP contribution in [-0.4, -0.2) is 42.2 Å². The molecule has 3 aromatic rings. The van der Waals surface area contributed by atoms with Gasteiger partial charge in [-0.1, -0.05) is 25.5 Å². The molecule has 1 saturated heterocycles. The van der Waals surface area contributed by atoms with Crippen LogP contribution in [0, 0.1) is 6.92 Å². The van der Waals surface area contributed by atoms with Gasteiger partial charge in [0.25, 0.3) is 0 Å². The number of nitrogens with zero attached hydrogens (tertiary/aromatic N) is 2. The van der Waals surface area contributed by atoms with Crippen molar-refractivity contribution in [1.29, 1.82) is 0 Å². The van der Waals surface area contributed by atoms with Gasteiger partial charge < -0.3 is 23.7 Å². The molecule has 1 aliphatic heterocycles. The van der Waals surface area contributed by atoms with Gasteiger partial charge in [0.1, 0.15) is 18.1 Å². The van der Waals surface area contributed by atoms with Crippen LogP contribution < -0.4 is 14.2 Å². The third kappa shape index (κ3) is 6.15. The minimum atomic E-state index is -0.486. The van der Waals surface area contributed by atoms with Gasteiger partial charge in [0.05, 0.1) is 37.6 Å². The summed E-state index contributed by atoms with van der Waals surface area (Å²) in [5.74, 6) is 1.61. The van der Waals surface area contributed by atoms with E-state index in [0.717, 1.165) is 59.3 Å². The van der Waals surface area contributed by atoms with Crippen LogP contribution in [0.2, 0.25) is 0 Å². The molecule has 2 aromatic heterocycles. The molecule has 1 aliphatic rings. The summed E-state index contributed by atoms with van der Waals surface area (Å²) in [4.78, 5) is 9.15. The third-order valence-electron chi connectivity index (χ3n) is 5.93. The highest BCUT2D eigenvalue weighted by Gasteiger charge is 2.30. The van der Waals surface area contributed by atoms with E-state index in [-0.39, 0.29) is 0 Å². The SMILES string of the molecule is CCCCOc1c(C)c(COc2cc(OCCCC3(C)OCCO3)ccn2)nc2ccccc12. The first-order valence-corrected chi connectivity index (χ1v) is 12.1. The van der Waals surface area contributed by atoms with Crippen LogP contribution in [0.1, 0.15) is 50.8 Å². The molecule has 0 radical (unpaired) electrons. The predicted octanol–water partition coefficient (Wildman–Crippen LogP) is 5.62. The second-order valence-electron chi connectivity index (χ2n) is 8.63. The molecule has 0 N–H and O–H groups in total. The summed E-state index contributed by atoms with van der Waals surface area (Å²) >= 11 is 0. The topological polar surface area (TPSA) is 71.9 Å². The molecule has 182 valence electrons. The number of hydrogen-bond acceptors (Lipinski definition) is 7. The summed E-state index contributed by atoms with van der Waals surface area (Å²) in [5.41, 5.74) is 2.72. The normalized spacial score (nSPS) is 14.9. The summed E-state index contributed by atoms with van der Waals surface area (Å²) in [5, 5.41) is 1.02. The smallest absolute Gasteiger partial charge is 0.217 e. The average molecular weight is 467 g/mol. The number of rotatable bonds is 12. The fourth-order valence-corrected chi connectivity index (χ4v) is 3.96. The van der Waals surface area contributed by atoms with E-state index >= 15 is 0 Å². The first kappa shape index (κ1) is 24.2. The van der Waals surface area contributed by atoms with Crippen molar-refractivity contribution in [3.05, 3.63) is 53.9 Å². The van der Waals surface area contributed by atoms with E-state index in [9.17, 15) is 0 Å². The predicted molar refractivity (Wildman–Crippen MR) is 130 cm³/mol. The minimum absolute atomic E-state index is 0.296. The molecule has 7 nitrogen and oxygen atoms in total. The molecule has 1 aromatic carbocycles. The molecule has 0 bridgehead atoms. The number of para-hydroxylation sites is 1. The van der Waals surface area contributed by atoms with Crippen LogP contribution >= 0.6 is 0 Å². The Hall–Kier alpha value is -2.90. The molecule has 1 fully saturated rings. The molecule has 34 heavy (non-hydrogen) atoms. The van der Waals surface area contributed by atoms with Crippen LogP contribution in [0.25, 0.3) is 10.9 Å². The number of fused-ring (bicyclic) bond motifs is 1. The lowest BCUT2D eigenvalue weighted by Gasteiger charge is -2.21. The van der Waals surface area contributed by atoms with Crippen LogP contribution in [0.4, 0.5) is 0 Å². The van der Waals surface area contributed by atoms with Crippen molar-refractivity contribution in [3.8, 4) is 17.4 Å². The summed E-state index contributed by atoms with van der Waals surface area (Å²) in [6, 6.07) is 11.7. The summed E-state index contributed by atoms with van der Waals surface area (Å²) in [6.07, 6.45) is 5.41. The number of ether oxygens (including phenoxy) is 5. The van der Waals surface area contributed by atoms with Gasteiger partial charge in [-0.05, 0) is 44.9 Å². The molecule has 0 spiro atoms. The van der Waals surface area contributed by atoms with Gasteiger partial charge in [-0.2, -0.15) is 0 Å². The Labute approximate surface area is 201 Å². The second kappa shape index (κ2) is 11.5. The van der Waals surface area contributed by atoms with E-state index in [1.807, 2.05) is 38.1 Å². The van der Waals surface area contributed by atoms with Crippen LogP contribution in [-0.2, 0) is 16.1 Å². The summed E-state index contributed by atoms with van der Waals surface area (Å²) in [6.45, 7) is 9.01. The number of pyridine rings is 2. The van der Waals surface area contributed by atoms with Crippen molar-refractivity contribution < 1.29 is 23.7 Å². The zero-order chi connectivity index (χ0) is 23.8. The molecule has 0 atom stereocenters. The van der Waals surface area contributed by atoms with Gasteiger partial charge >= 0.3 is 0 Å². The van der Waals surface area contributed by atoms with E-state index < -0.39 is 5.79 Å². The molecule has 0 amide bonds. The Bertz CT molecular complexity index is 1080. The Morgan fingerprint density at radius 3 is 2.62 bits per heavy atom. The first-order valence-electron chi connectivity index (χ1n) is 12.1. The summed E-state index contributed by atoms with van der Waals surface area (Å²) < 4.78 is 29.3. The zero-order valence-corrected chi connectivity index (χ0v) is 20.3. The van der Waals surface area contributed by atoms with Gasteiger partial charge in [0.15, 0.2) is 5.79 Å². The Morgan fingerprint density at radius 2 is 1.79 bits per heavy atom. The van der Waals surface area contributed by atoms with Gasteiger partial charge in [-0.3, -0.25) is 0 Å². The van der Waals surface area contributed by atoms with E-state index in [2.05, 4.69) is 18.0 Å². The van der Waals surface area contributed by atoms with Crippen LogP contribution in [0.3, 0.4) is 0 Å². The zero-order valence-electron chi connectivity index (χ0n) is 20.3. The second-order valence-corrected chi connectivity index (χ2v) is 8.63. The fourth-order valence-electron chi connectivity index (χ4n) is 3.96. The van der Waals surface area contributed by atoms with E-state index in [1.165, 1.54) is 0 Å². The minimum Gasteiger partial charge on any atom is -0.493 e. The van der Waals surface area contributed by atoms with E-state index in [1.54, 1.807) is 12.3 Å². The largest absolute Gasteiger partial charge is 0.493 e. The van der Waals surface area contributed by atoms with Gasteiger partial charge in [0, 0.05) is 29.6 Å². The monoisotopic (exact) mass is 466 g/mol. The lowest BCUT2D eigenvalue weighted by Crippen LogP contribution is -2.25. The molecular weight excluding hydrogens is 432 g/mol. The molecular formula is C27H34N2O5. The number of hydrogen-bond donors (Lipinski definition) is 0. The Balaban J connectivity index is 1.38. The van der Waals surface area contributed by atoms with Crippen molar-refractivity contribution in [3.63, 3.8) is 0 Å². The van der Waals surface area contributed by atoms with Crippen molar-refractivity contribution in [1.82, 2.24) is 9.97 Å². The van der Waals surface area contributed by atoms with Gasteiger partial charge in [-0.15, -0.1) is 0 Å². The maximum atomic E-state index is 6.15. The molecule has 3 heterocycles. The maximum Gasteiger partial charge on any atom is 0.217 e. The third-order valence-corrected chi connectivity index (χ3v) is 5.93. The fraction of sp³-hybridized carbons (Fsp3) is 0.481. The van der Waals surface area contributed by atoms with Gasteiger partial charge in [-0.25, -0.2) is 9.97 Å². The Kier molecular flexibility index (Phi) is 8.19. The molecule has 4 rings (SSSR count). The Morgan fingerprint density at radius 1 is 1.00 bits per heavy atom. The average Bonchev–Trinajstić information content (AvgIpc) is 3.29. The van der Waals surface area contributed by atoms with Crippen molar-refractivity contribution >= 4 is 10.9 Å². The first-order chi connectivity index (χ1) is 16.6. The van der Waals surface area contributed by atoms with Crippen LogP contribution in [0.5, 0.6) is 17.4 Å². The highest BCUT2D eigenvalue weighted by atomic mass is 16.7. The van der Waals surface area contributed by atoms with Crippen LogP contribution in [0.15, 0.2) is 42.6 Å². The van der Waals surface area contributed by atoms with Gasteiger partial charge in [0.2, 0.25) is 5.88 Å². The molecule has 0 aliphatic carbocycles. The van der Waals surface area contributed by atoms with E-state index in [0.29, 0.717) is 38.9 Å². The number of aromatic nitrogens is 2. The highest BCUT2D eigenvalue weighted by Crippen LogP contribution is 2.31.